The van der Waals surface area contributed by atoms with Crippen LogP contribution in [0.25, 0.3) is 0 Å². The largest absolute Gasteiger partial charge is 0.496 e. The molecule has 0 unspecified atom stereocenters. The normalized spacial score (nSPS) is 13.2. The molecule has 1 fully saturated rings. The molecule has 0 spiro atoms. The number of thiocarbonyl (C=S) groups is 1. The van der Waals surface area contributed by atoms with Crippen molar-refractivity contribution >= 4 is 56.4 Å². The summed E-state index contributed by atoms with van der Waals surface area (Å²) in [6.45, 7) is 2.87. The third kappa shape index (κ3) is 6.17. The molecule has 7 nitrogen and oxygen atoms in total. The van der Waals surface area contributed by atoms with Crippen LogP contribution in [0.2, 0.25) is 0 Å². The van der Waals surface area contributed by atoms with Gasteiger partial charge in [0.15, 0.2) is 5.11 Å². The molecule has 0 aliphatic carbocycles. The first-order valence-corrected chi connectivity index (χ1v) is 12.3. The number of ether oxygens (including phenoxy) is 1. The van der Waals surface area contributed by atoms with Gasteiger partial charge in [-0.05, 0) is 82.7 Å². The van der Waals surface area contributed by atoms with Gasteiger partial charge in [-0.3, -0.25) is 14.9 Å². The van der Waals surface area contributed by atoms with E-state index in [0.717, 1.165) is 30.0 Å². The van der Waals surface area contributed by atoms with Crippen molar-refractivity contribution in [2.75, 3.05) is 43.5 Å². The molecule has 1 aliphatic rings. The molecule has 2 amide bonds. The maximum atomic E-state index is 12.7. The Morgan fingerprint density at radius 2 is 1.60 bits per heavy atom. The highest BCUT2D eigenvalue weighted by molar-refractivity contribution is 9.10. The highest BCUT2D eigenvalue weighted by Crippen LogP contribution is 2.25. The maximum absolute atomic E-state index is 12.7. The molecule has 0 saturated carbocycles. The maximum Gasteiger partial charge on any atom is 0.257 e. The number of hydrogen-bond acceptors (Lipinski definition) is 5. The summed E-state index contributed by atoms with van der Waals surface area (Å²) in [5.74, 6) is 0.402. The monoisotopic (exact) mass is 552 g/mol. The number of amides is 2. The predicted octanol–water partition coefficient (Wildman–Crippen LogP) is 4.55. The zero-order valence-electron chi connectivity index (χ0n) is 19.2. The molecule has 2 N–H and O–H groups in total. The van der Waals surface area contributed by atoms with Crippen molar-refractivity contribution in [2.24, 2.45) is 0 Å². The second-order valence-electron chi connectivity index (χ2n) is 7.95. The third-order valence-electron chi connectivity index (χ3n) is 5.72. The Hall–Kier alpha value is -3.43. The average Bonchev–Trinajstić information content (AvgIpc) is 2.89. The Bertz CT molecular complexity index is 1210. The molecule has 35 heavy (non-hydrogen) atoms. The Morgan fingerprint density at radius 3 is 2.23 bits per heavy atom. The van der Waals surface area contributed by atoms with E-state index in [1.165, 1.54) is 0 Å². The van der Waals surface area contributed by atoms with E-state index in [2.05, 4.69) is 31.5 Å². The van der Waals surface area contributed by atoms with E-state index < -0.39 is 0 Å². The highest BCUT2D eigenvalue weighted by Gasteiger charge is 2.22. The lowest BCUT2D eigenvalue weighted by molar-refractivity contribution is 0.0746. The first kappa shape index (κ1) is 24.7. The quantitative estimate of drug-likeness (QED) is 0.452. The van der Waals surface area contributed by atoms with Gasteiger partial charge in [-0.25, -0.2) is 0 Å². The van der Waals surface area contributed by atoms with E-state index >= 15 is 0 Å². The molecule has 0 bridgehead atoms. The van der Waals surface area contributed by atoms with Crippen molar-refractivity contribution in [3.8, 4) is 5.75 Å². The molecule has 1 heterocycles. The molecule has 3 aromatic carbocycles. The van der Waals surface area contributed by atoms with Crippen molar-refractivity contribution in [2.45, 2.75) is 0 Å². The lowest BCUT2D eigenvalue weighted by Gasteiger charge is -2.36. The van der Waals surface area contributed by atoms with E-state index in [9.17, 15) is 9.59 Å². The van der Waals surface area contributed by atoms with Gasteiger partial charge in [-0.1, -0.05) is 18.2 Å². The summed E-state index contributed by atoms with van der Waals surface area (Å²) >= 11 is 8.68. The number of nitrogens with one attached hydrogen (secondary N) is 2. The van der Waals surface area contributed by atoms with Crippen LogP contribution in [0.4, 0.5) is 11.4 Å². The van der Waals surface area contributed by atoms with Gasteiger partial charge < -0.3 is 19.9 Å². The summed E-state index contributed by atoms with van der Waals surface area (Å²) in [7, 11) is 1.57. The molecule has 0 aromatic heterocycles. The number of nitrogens with zero attached hydrogens (tertiary/aromatic N) is 2. The number of anilines is 2. The second kappa shape index (κ2) is 11.3. The van der Waals surface area contributed by atoms with E-state index in [4.69, 9.17) is 17.0 Å². The van der Waals surface area contributed by atoms with Crippen LogP contribution < -0.4 is 20.3 Å². The SMILES string of the molecule is COc1ccc(C(=O)NC(=S)Nc2ccc(N3CCN(C(=O)c4ccccc4)CC3)cc2)cc1Br. The zero-order valence-corrected chi connectivity index (χ0v) is 21.6. The minimum absolute atomic E-state index is 0.0716. The summed E-state index contributed by atoms with van der Waals surface area (Å²) < 4.78 is 5.88. The fourth-order valence-electron chi connectivity index (χ4n) is 3.83. The van der Waals surface area contributed by atoms with E-state index in [1.807, 2.05) is 59.5 Å². The first-order chi connectivity index (χ1) is 16.9. The Labute approximate surface area is 218 Å². The first-order valence-electron chi connectivity index (χ1n) is 11.1. The fraction of sp³-hybridized carbons (Fsp3) is 0.192. The van der Waals surface area contributed by atoms with Gasteiger partial charge in [0.05, 0.1) is 11.6 Å². The molecule has 4 rings (SSSR count). The minimum Gasteiger partial charge on any atom is -0.496 e. The fourth-order valence-corrected chi connectivity index (χ4v) is 4.58. The molecule has 0 radical (unpaired) electrons. The van der Waals surface area contributed by atoms with Gasteiger partial charge in [0.2, 0.25) is 0 Å². The number of benzene rings is 3. The third-order valence-corrected chi connectivity index (χ3v) is 6.54. The van der Waals surface area contributed by atoms with Gasteiger partial charge in [0.1, 0.15) is 5.75 Å². The molecular weight excluding hydrogens is 528 g/mol. The Balaban J connectivity index is 1.28. The van der Waals surface area contributed by atoms with Crippen molar-refractivity contribution < 1.29 is 14.3 Å². The molecular formula is C26H25BrN4O3S. The van der Waals surface area contributed by atoms with E-state index in [-0.39, 0.29) is 16.9 Å². The highest BCUT2D eigenvalue weighted by atomic mass is 79.9. The molecule has 3 aromatic rings. The minimum atomic E-state index is -0.314. The van der Waals surface area contributed by atoms with Gasteiger partial charge >= 0.3 is 0 Å². The number of hydrogen-bond donors (Lipinski definition) is 2. The Kier molecular flexibility index (Phi) is 7.99. The van der Waals surface area contributed by atoms with Crippen molar-refractivity contribution in [1.29, 1.82) is 0 Å². The van der Waals surface area contributed by atoms with Crippen LogP contribution in [0.5, 0.6) is 5.75 Å². The standard InChI is InChI=1S/C26H25BrN4O3S/c1-34-23-12-7-19(17-22(23)27)24(32)29-26(35)28-20-8-10-21(11-9-20)30-13-15-31(16-14-30)25(33)18-5-3-2-4-6-18/h2-12,17H,13-16H2,1H3,(H2,28,29,32,35). The smallest absolute Gasteiger partial charge is 0.257 e. The summed E-state index contributed by atoms with van der Waals surface area (Å²) in [6, 6.07) is 22.3. The summed E-state index contributed by atoms with van der Waals surface area (Å²) in [5, 5.41) is 5.94. The zero-order chi connectivity index (χ0) is 24.8. The van der Waals surface area contributed by atoms with Crippen LogP contribution in [0.1, 0.15) is 20.7 Å². The molecule has 0 atom stereocenters. The van der Waals surface area contributed by atoms with Crippen LogP contribution in [-0.4, -0.2) is 55.1 Å². The number of carbonyl (C=O) groups excluding carboxylic acids is 2. The lowest BCUT2D eigenvalue weighted by atomic mass is 10.1. The van der Waals surface area contributed by atoms with E-state index in [1.54, 1.807) is 25.3 Å². The van der Waals surface area contributed by atoms with Crippen molar-refractivity contribution in [3.05, 3.63) is 88.4 Å². The molecule has 1 aliphatic heterocycles. The van der Waals surface area contributed by atoms with Gasteiger partial charge in [0, 0.05) is 48.7 Å². The molecule has 9 heteroatoms. The molecule has 180 valence electrons. The van der Waals surface area contributed by atoms with Crippen LogP contribution in [0.3, 0.4) is 0 Å². The van der Waals surface area contributed by atoms with Gasteiger partial charge in [0.25, 0.3) is 11.8 Å². The lowest BCUT2D eigenvalue weighted by Crippen LogP contribution is -2.48. The molecule has 1 saturated heterocycles. The average molecular weight is 553 g/mol. The second-order valence-corrected chi connectivity index (χ2v) is 9.21. The number of halogens is 1. The number of methoxy groups -OCH3 is 1. The Morgan fingerprint density at radius 1 is 0.914 bits per heavy atom. The topological polar surface area (TPSA) is 73.9 Å². The van der Waals surface area contributed by atoms with Crippen molar-refractivity contribution in [3.63, 3.8) is 0 Å². The van der Waals surface area contributed by atoms with Crippen LogP contribution in [0.15, 0.2) is 77.3 Å². The summed E-state index contributed by atoms with van der Waals surface area (Å²) in [5.41, 5.74) is 3.02. The number of rotatable bonds is 5. The van der Waals surface area contributed by atoms with Crippen LogP contribution in [-0.2, 0) is 0 Å². The number of carbonyl (C=O) groups is 2. The van der Waals surface area contributed by atoms with Gasteiger partial charge in [-0.15, -0.1) is 0 Å². The number of piperazine rings is 1. The van der Waals surface area contributed by atoms with Crippen LogP contribution in [0, 0.1) is 0 Å². The van der Waals surface area contributed by atoms with Gasteiger partial charge in [-0.2, -0.15) is 0 Å². The predicted molar refractivity (Wildman–Crippen MR) is 145 cm³/mol. The summed E-state index contributed by atoms with van der Waals surface area (Å²) in [6.07, 6.45) is 0. The van der Waals surface area contributed by atoms with Crippen LogP contribution >= 0.6 is 28.1 Å². The van der Waals surface area contributed by atoms with E-state index in [0.29, 0.717) is 28.9 Å². The van der Waals surface area contributed by atoms with Crippen molar-refractivity contribution in [1.82, 2.24) is 10.2 Å². The summed E-state index contributed by atoms with van der Waals surface area (Å²) in [4.78, 5) is 29.3.